The van der Waals surface area contributed by atoms with Gasteiger partial charge in [0.2, 0.25) is 0 Å². The van der Waals surface area contributed by atoms with Gasteiger partial charge in [0.05, 0.1) is 12.6 Å². The van der Waals surface area contributed by atoms with E-state index in [0.717, 1.165) is 12.8 Å². The minimum Gasteiger partial charge on any atom is -0.297 e. The van der Waals surface area contributed by atoms with E-state index < -0.39 is 18.3 Å². The highest BCUT2D eigenvalue weighted by atomic mass is 19.4. The van der Waals surface area contributed by atoms with Crippen LogP contribution >= 0.6 is 0 Å². The normalized spacial score (nSPS) is 19.1. The fourth-order valence-electron chi connectivity index (χ4n) is 2.22. The van der Waals surface area contributed by atoms with Crippen molar-refractivity contribution in [3.63, 3.8) is 0 Å². The molecule has 6 heteroatoms. The molecule has 20 heavy (non-hydrogen) atoms. The summed E-state index contributed by atoms with van der Waals surface area (Å²) in [5.74, 6) is 0. The molecule has 1 rings (SSSR count). The molecular formula is C14H24F3N3. The van der Waals surface area contributed by atoms with E-state index in [9.17, 15) is 18.4 Å². The van der Waals surface area contributed by atoms with E-state index in [1.807, 2.05) is 6.92 Å². The highest BCUT2D eigenvalue weighted by molar-refractivity contribution is 5.07. The van der Waals surface area contributed by atoms with Crippen LogP contribution in [0.25, 0.3) is 0 Å². The molecule has 1 fully saturated rings. The Hall–Kier alpha value is -0.800. The zero-order valence-corrected chi connectivity index (χ0v) is 12.4. The van der Waals surface area contributed by atoms with E-state index in [1.54, 1.807) is 13.8 Å². The summed E-state index contributed by atoms with van der Waals surface area (Å²) >= 11 is 0. The molecule has 1 unspecified atom stereocenters. The minimum atomic E-state index is -4.17. The summed E-state index contributed by atoms with van der Waals surface area (Å²) in [7, 11) is 0. The van der Waals surface area contributed by atoms with Crippen LogP contribution in [0.2, 0.25) is 0 Å². The van der Waals surface area contributed by atoms with Gasteiger partial charge in [-0.2, -0.15) is 18.4 Å². The molecule has 1 saturated carbocycles. The minimum absolute atomic E-state index is 0.152. The largest absolute Gasteiger partial charge is 0.401 e. The lowest BCUT2D eigenvalue weighted by Crippen LogP contribution is -2.44. The van der Waals surface area contributed by atoms with Gasteiger partial charge in [0.15, 0.2) is 0 Å². The van der Waals surface area contributed by atoms with Gasteiger partial charge in [0.25, 0.3) is 0 Å². The second-order valence-corrected chi connectivity index (χ2v) is 6.15. The van der Waals surface area contributed by atoms with E-state index in [0.29, 0.717) is 25.4 Å². The van der Waals surface area contributed by atoms with E-state index in [-0.39, 0.29) is 6.04 Å². The number of nitrogens with one attached hydrogen (secondary N) is 1. The maximum absolute atomic E-state index is 12.5. The van der Waals surface area contributed by atoms with E-state index in [4.69, 9.17) is 0 Å². The standard InChI is InChI=1S/C14H24F3N3/c1-11(2)20(10-14(15,16)17)8-4-7-13(3,9-18)19-12-5-6-12/h11-12,19H,4-8,10H2,1-3H3. The van der Waals surface area contributed by atoms with Crippen LogP contribution in [-0.2, 0) is 0 Å². The van der Waals surface area contributed by atoms with Crippen molar-refractivity contribution in [1.82, 2.24) is 10.2 Å². The summed E-state index contributed by atoms with van der Waals surface area (Å²) in [5.41, 5.74) is -0.623. The van der Waals surface area contributed by atoms with Gasteiger partial charge in [-0.05, 0) is 53.0 Å². The Morgan fingerprint density at radius 1 is 1.35 bits per heavy atom. The highest BCUT2D eigenvalue weighted by Crippen LogP contribution is 2.25. The van der Waals surface area contributed by atoms with Crippen LogP contribution in [0.1, 0.15) is 46.5 Å². The number of halogens is 3. The zero-order chi connectivity index (χ0) is 15.4. The van der Waals surface area contributed by atoms with Gasteiger partial charge >= 0.3 is 6.18 Å². The average Bonchev–Trinajstić information content (AvgIpc) is 3.09. The maximum Gasteiger partial charge on any atom is 0.401 e. The van der Waals surface area contributed by atoms with Crippen LogP contribution in [0.5, 0.6) is 0 Å². The van der Waals surface area contributed by atoms with Crippen LogP contribution in [0.15, 0.2) is 0 Å². The van der Waals surface area contributed by atoms with E-state index >= 15 is 0 Å². The first kappa shape index (κ1) is 17.3. The molecule has 0 aromatic carbocycles. The second-order valence-electron chi connectivity index (χ2n) is 6.15. The summed E-state index contributed by atoms with van der Waals surface area (Å²) < 4.78 is 37.4. The molecule has 0 radical (unpaired) electrons. The van der Waals surface area contributed by atoms with Gasteiger partial charge < -0.3 is 0 Å². The molecule has 1 aliphatic rings. The first-order chi connectivity index (χ1) is 9.15. The van der Waals surface area contributed by atoms with Crippen molar-refractivity contribution < 1.29 is 13.2 Å². The Labute approximate surface area is 119 Å². The van der Waals surface area contributed by atoms with Gasteiger partial charge in [-0.25, -0.2) is 0 Å². The van der Waals surface area contributed by atoms with Crippen LogP contribution in [-0.4, -0.2) is 41.8 Å². The fraction of sp³-hybridized carbons (Fsp3) is 0.929. The van der Waals surface area contributed by atoms with Gasteiger partial charge in [-0.3, -0.25) is 10.2 Å². The molecule has 0 bridgehead atoms. The van der Waals surface area contributed by atoms with Crippen molar-refractivity contribution in [3.05, 3.63) is 0 Å². The lowest BCUT2D eigenvalue weighted by Gasteiger charge is -2.29. The highest BCUT2D eigenvalue weighted by Gasteiger charge is 2.34. The van der Waals surface area contributed by atoms with Crippen LogP contribution < -0.4 is 5.32 Å². The van der Waals surface area contributed by atoms with E-state index in [2.05, 4.69) is 11.4 Å². The number of nitrogens with zero attached hydrogens (tertiary/aromatic N) is 2. The maximum atomic E-state index is 12.5. The van der Waals surface area contributed by atoms with Gasteiger partial charge in [0, 0.05) is 12.1 Å². The lowest BCUT2D eigenvalue weighted by atomic mass is 9.97. The van der Waals surface area contributed by atoms with Gasteiger partial charge in [0.1, 0.15) is 5.54 Å². The van der Waals surface area contributed by atoms with Crippen molar-refractivity contribution in [2.24, 2.45) is 0 Å². The number of alkyl halides is 3. The fourth-order valence-corrected chi connectivity index (χ4v) is 2.22. The summed E-state index contributed by atoms with van der Waals surface area (Å²) in [6, 6.07) is 2.51. The topological polar surface area (TPSA) is 39.1 Å². The summed E-state index contributed by atoms with van der Waals surface area (Å²) in [4.78, 5) is 1.41. The third-order valence-electron chi connectivity index (χ3n) is 3.58. The Morgan fingerprint density at radius 2 is 1.95 bits per heavy atom. The monoisotopic (exact) mass is 291 g/mol. The van der Waals surface area contributed by atoms with Crippen LogP contribution in [0.3, 0.4) is 0 Å². The van der Waals surface area contributed by atoms with Gasteiger partial charge in [-0.15, -0.1) is 0 Å². The van der Waals surface area contributed by atoms with Crippen molar-refractivity contribution in [1.29, 1.82) is 5.26 Å². The van der Waals surface area contributed by atoms with Crippen LogP contribution in [0, 0.1) is 11.3 Å². The Balaban J connectivity index is 2.40. The third kappa shape index (κ3) is 6.58. The third-order valence-corrected chi connectivity index (χ3v) is 3.58. The molecule has 1 aliphatic carbocycles. The molecule has 0 saturated heterocycles. The number of hydrogen-bond donors (Lipinski definition) is 1. The predicted octanol–water partition coefficient (Wildman–Crippen LogP) is 3.07. The Morgan fingerprint density at radius 3 is 2.35 bits per heavy atom. The Bertz CT molecular complexity index is 345. The number of rotatable bonds is 8. The first-order valence-electron chi connectivity index (χ1n) is 7.15. The van der Waals surface area contributed by atoms with Crippen molar-refractivity contribution in [2.75, 3.05) is 13.1 Å². The number of nitriles is 1. The average molecular weight is 291 g/mol. The molecule has 0 heterocycles. The van der Waals surface area contributed by atoms with Crippen molar-refractivity contribution in [3.8, 4) is 6.07 Å². The molecule has 0 spiro atoms. The predicted molar refractivity (Wildman–Crippen MR) is 72.2 cm³/mol. The molecular weight excluding hydrogens is 267 g/mol. The zero-order valence-electron chi connectivity index (χ0n) is 12.4. The first-order valence-corrected chi connectivity index (χ1v) is 7.15. The summed E-state index contributed by atoms with van der Waals surface area (Å²) in [6.45, 7) is 4.83. The van der Waals surface area contributed by atoms with Gasteiger partial charge in [-0.1, -0.05) is 0 Å². The molecule has 1 atom stereocenters. The molecule has 0 aromatic heterocycles. The quantitative estimate of drug-likeness (QED) is 0.747. The summed E-state index contributed by atoms with van der Waals surface area (Å²) in [6.07, 6.45) is -0.846. The molecule has 3 nitrogen and oxygen atoms in total. The van der Waals surface area contributed by atoms with Crippen molar-refractivity contribution >= 4 is 0 Å². The SMILES string of the molecule is CC(C)N(CCCC(C)(C#N)NC1CC1)CC(F)(F)F. The second kappa shape index (κ2) is 6.77. The molecule has 0 amide bonds. The molecule has 0 aromatic rings. The summed E-state index contributed by atoms with van der Waals surface area (Å²) in [5, 5.41) is 12.5. The van der Waals surface area contributed by atoms with E-state index in [1.165, 1.54) is 4.90 Å². The number of hydrogen-bond acceptors (Lipinski definition) is 3. The molecule has 0 aliphatic heterocycles. The lowest BCUT2D eigenvalue weighted by molar-refractivity contribution is -0.149. The molecule has 116 valence electrons. The van der Waals surface area contributed by atoms with Crippen molar-refractivity contribution in [2.45, 2.75) is 70.3 Å². The Kier molecular flexibility index (Phi) is 5.84. The molecule has 1 N–H and O–H groups in total. The van der Waals surface area contributed by atoms with Crippen LogP contribution in [0.4, 0.5) is 13.2 Å². The smallest absolute Gasteiger partial charge is 0.297 e.